The Bertz CT molecular complexity index is 863. The topological polar surface area (TPSA) is 78.9 Å². The highest BCUT2D eigenvalue weighted by Crippen LogP contribution is 2.39. The number of carbonyl (C=O) groups excluding carboxylic acids is 1. The molecular formula is C21H30BF3N2O5. The zero-order valence-corrected chi connectivity index (χ0v) is 19.6. The van der Waals surface area contributed by atoms with E-state index in [1.807, 2.05) is 27.7 Å². The van der Waals surface area contributed by atoms with Crippen LogP contribution in [0.15, 0.2) is 17.7 Å². The third-order valence-electron chi connectivity index (χ3n) is 5.13. The van der Waals surface area contributed by atoms with Gasteiger partial charge in [0.15, 0.2) is 0 Å². The van der Waals surface area contributed by atoms with Crippen molar-refractivity contribution in [3.8, 4) is 5.88 Å². The second kappa shape index (κ2) is 8.94. The Kier molecular flexibility index (Phi) is 7.26. The number of nitrogens with one attached hydrogen (secondary N) is 1. The van der Waals surface area contributed by atoms with Crippen LogP contribution < -0.4 is 10.1 Å². The molecule has 1 aromatic rings. The van der Waals surface area contributed by atoms with Crippen molar-refractivity contribution in [3.05, 3.63) is 28.9 Å². The molecule has 0 unspecified atom stereocenters. The van der Waals surface area contributed by atoms with Gasteiger partial charge in [-0.3, -0.25) is 0 Å². The molecule has 1 saturated heterocycles. The molecule has 1 aliphatic rings. The Hall–Kier alpha value is -2.27. The van der Waals surface area contributed by atoms with Crippen LogP contribution in [0.4, 0.5) is 18.0 Å². The van der Waals surface area contributed by atoms with Crippen molar-refractivity contribution in [1.82, 2.24) is 10.3 Å². The van der Waals surface area contributed by atoms with Crippen molar-refractivity contribution in [2.24, 2.45) is 0 Å². The van der Waals surface area contributed by atoms with E-state index in [0.29, 0.717) is 11.7 Å². The molecule has 11 heteroatoms. The maximum absolute atomic E-state index is 13.2. The number of pyridine rings is 1. The summed E-state index contributed by atoms with van der Waals surface area (Å²) >= 11 is 0. The van der Waals surface area contributed by atoms with E-state index in [1.165, 1.54) is 13.2 Å². The van der Waals surface area contributed by atoms with Crippen LogP contribution in [0.2, 0.25) is 0 Å². The number of ether oxygens (including phenoxy) is 2. The lowest BCUT2D eigenvalue weighted by atomic mass is 9.77. The van der Waals surface area contributed by atoms with Gasteiger partial charge in [0.2, 0.25) is 5.88 Å². The summed E-state index contributed by atoms with van der Waals surface area (Å²) in [6, 6.07) is 0.921. The van der Waals surface area contributed by atoms with Crippen molar-refractivity contribution in [2.75, 3.05) is 13.7 Å². The van der Waals surface area contributed by atoms with Crippen molar-refractivity contribution >= 4 is 19.3 Å². The lowest BCUT2D eigenvalue weighted by Crippen LogP contribution is -2.41. The fraction of sp³-hybridized carbons (Fsp3) is 0.619. The van der Waals surface area contributed by atoms with Gasteiger partial charge in [-0.1, -0.05) is 6.08 Å². The Morgan fingerprint density at radius 3 is 2.22 bits per heavy atom. The molecule has 32 heavy (non-hydrogen) atoms. The third kappa shape index (κ3) is 6.38. The van der Waals surface area contributed by atoms with E-state index in [4.69, 9.17) is 18.8 Å². The fourth-order valence-corrected chi connectivity index (χ4v) is 2.78. The van der Waals surface area contributed by atoms with E-state index < -0.39 is 41.8 Å². The maximum Gasteiger partial charge on any atom is 0.492 e. The Balaban J connectivity index is 2.45. The van der Waals surface area contributed by atoms with Crippen LogP contribution in [-0.2, 0) is 20.2 Å². The van der Waals surface area contributed by atoms with Gasteiger partial charge in [0.25, 0.3) is 0 Å². The quantitative estimate of drug-likeness (QED) is 0.648. The zero-order valence-electron chi connectivity index (χ0n) is 19.6. The molecule has 1 fully saturated rings. The zero-order chi connectivity index (χ0) is 24.5. The first-order valence-corrected chi connectivity index (χ1v) is 10.1. The van der Waals surface area contributed by atoms with Gasteiger partial charge >= 0.3 is 19.4 Å². The first kappa shape index (κ1) is 26.0. The molecular weight excluding hydrogens is 428 g/mol. The van der Waals surface area contributed by atoms with Crippen LogP contribution in [0.25, 0.3) is 6.08 Å². The van der Waals surface area contributed by atoms with Crippen molar-refractivity contribution < 1.29 is 36.7 Å². The molecule has 7 nitrogen and oxygen atoms in total. The van der Waals surface area contributed by atoms with Gasteiger partial charge in [-0.15, -0.1) is 0 Å². The SMILES string of the molecule is COc1ncc(C(F)(F)F)cc1C=C(CNC(=O)OC(C)(C)C)B1OC(C)(C)C(C)(C)O1. The summed E-state index contributed by atoms with van der Waals surface area (Å²) < 4.78 is 62.1. The Labute approximate surface area is 186 Å². The number of methoxy groups -OCH3 is 1. The minimum absolute atomic E-state index is 0.00992. The molecule has 0 spiro atoms. The molecule has 0 aliphatic carbocycles. The minimum Gasteiger partial charge on any atom is -0.481 e. The van der Waals surface area contributed by atoms with E-state index in [-0.39, 0.29) is 18.0 Å². The van der Waals surface area contributed by atoms with E-state index in [9.17, 15) is 18.0 Å². The second-order valence-electron chi connectivity index (χ2n) is 9.48. The predicted molar refractivity (Wildman–Crippen MR) is 114 cm³/mol. The second-order valence-corrected chi connectivity index (χ2v) is 9.48. The normalized spacial score (nSPS) is 18.5. The number of hydrogen-bond donors (Lipinski definition) is 1. The highest BCUT2D eigenvalue weighted by atomic mass is 19.4. The average molecular weight is 458 g/mol. The molecule has 0 aromatic carbocycles. The smallest absolute Gasteiger partial charge is 0.481 e. The monoisotopic (exact) mass is 458 g/mol. The molecule has 1 aliphatic heterocycles. The third-order valence-corrected chi connectivity index (χ3v) is 5.13. The minimum atomic E-state index is -4.58. The maximum atomic E-state index is 13.2. The first-order valence-electron chi connectivity index (χ1n) is 10.1. The van der Waals surface area contributed by atoms with Crippen molar-refractivity contribution in [2.45, 2.75) is 71.4 Å². The van der Waals surface area contributed by atoms with E-state index >= 15 is 0 Å². The van der Waals surface area contributed by atoms with Gasteiger partial charge in [0, 0.05) is 18.3 Å². The summed E-state index contributed by atoms with van der Waals surface area (Å²) in [5.41, 5.74) is -2.60. The van der Waals surface area contributed by atoms with Crippen LogP contribution in [-0.4, -0.2) is 48.7 Å². The predicted octanol–water partition coefficient (Wildman–Crippen LogP) is 4.65. The first-order chi connectivity index (χ1) is 14.4. The number of alkyl halides is 3. The number of nitrogens with zero attached hydrogens (tertiary/aromatic N) is 1. The van der Waals surface area contributed by atoms with Crippen LogP contribution in [0, 0.1) is 0 Å². The van der Waals surface area contributed by atoms with E-state index in [0.717, 1.165) is 6.07 Å². The van der Waals surface area contributed by atoms with Crippen molar-refractivity contribution in [3.63, 3.8) is 0 Å². The van der Waals surface area contributed by atoms with Crippen LogP contribution in [0.1, 0.15) is 59.6 Å². The lowest BCUT2D eigenvalue weighted by Gasteiger charge is -2.32. The molecule has 2 heterocycles. The highest BCUT2D eigenvalue weighted by molar-refractivity contribution is 6.56. The van der Waals surface area contributed by atoms with Crippen LogP contribution >= 0.6 is 0 Å². The van der Waals surface area contributed by atoms with Gasteiger partial charge in [-0.05, 0) is 60.0 Å². The largest absolute Gasteiger partial charge is 0.492 e. The summed E-state index contributed by atoms with van der Waals surface area (Å²) in [5.74, 6) is -0.00992. The number of hydrogen-bond acceptors (Lipinski definition) is 6. The summed E-state index contributed by atoms with van der Waals surface area (Å²) in [5, 5.41) is 2.60. The number of halogens is 3. The molecule has 0 atom stereocenters. The highest BCUT2D eigenvalue weighted by Gasteiger charge is 2.52. The molecule has 178 valence electrons. The van der Waals surface area contributed by atoms with E-state index in [1.54, 1.807) is 20.8 Å². The Morgan fingerprint density at radius 1 is 1.19 bits per heavy atom. The summed E-state index contributed by atoms with van der Waals surface area (Å²) in [7, 11) is 0.384. The Morgan fingerprint density at radius 2 is 1.75 bits per heavy atom. The average Bonchev–Trinajstić information content (AvgIpc) is 2.83. The molecule has 0 saturated carbocycles. The van der Waals surface area contributed by atoms with Crippen LogP contribution in [0.5, 0.6) is 5.88 Å². The molecule has 1 N–H and O–H groups in total. The molecule has 1 aromatic heterocycles. The molecule has 2 rings (SSSR count). The van der Waals surface area contributed by atoms with Crippen LogP contribution in [0.3, 0.4) is 0 Å². The summed E-state index contributed by atoms with van der Waals surface area (Å²) in [6.07, 6.45) is -3.15. The van der Waals surface area contributed by atoms with Gasteiger partial charge in [0.1, 0.15) is 5.60 Å². The number of aromatic nitrogens is 1. The summed E-state index contributed by atoms with van der Waals surface area (Å²) in [6.45, 7) is 12.4. The standard InChI is InChI=1S/C21H30BF3N2O5/c1-18(2,3)30-17(28)27-12-15(22-31-19(4,5)20(6,7)32-22)10-13-9-14(21(23,24)25)11-26-16(13)29-8/h9-11H,12H2,1-8H3,(H,27,28). The van der Waals surface area contributed by atoms with Gasteiger partial charge in [-0.25, -0.2) is 9.78 Å². The molecule has 1 amide bonds. The fourth-order valence-electron chi connectivity index (χ4n) is 2.78. The molecule has 0 radical (unpaired) electrons. The van der Waals surface area contributed by atoms with E-state index in [2.05, 4.69) is 10.3 Å². The number of alkyl carbamates (subject to hydrolysis) is 1. The number of rotatable bonds is 5. The van der Waals surface area contributed by atoms with Crippen molar-refractivity contribution in [1.29, 1.82) is 0 Å². The summed E-state index contributed by atoms with van der Waals surface area (Å²) in [4.78, 5) is 15.9. The number of amides is 1. The van der Waals surface area contributed by atoms with Gasteiger partial charge < -0.3 is 24.1 Å². The van der Waals surface area contributed by atoms with Gasteiger partial charge in [-0.2, -0.15) is 13.2 Å². The number of carbonyl (C=O) groups is 1. The molecule has 0 bridgehead atoms. The lowest BCUT2D eigenvalue weighted by molar-refractivity contribution is -0.137. The van der Waals surface area contributed by atoms with Gasteiger partial charge in [0.05, 0.1) is 23.9 Å².